The van der Waals surface area contributed by atoms with E-state index in [2.05, 4.69) is 9.97 Å². The highest BCUT2D eigenvalue weighted by Gasteiger charge is 2.05. The lowest BCUT2D eigenvalue weighted by Crippen LogP contribution is -1.90. The van der Waals surface area contributed by atoms with Gasteiger partial charge in [-0.05, 0) is 12.1 Å². The summed E-state index contributed by atoms with van der Waals surface area (Å²) in [6, 6.07) is 6.22. The van der Waals surface area contributed by atoms with E-state index < -0.39 is 0 Å². The van der Waals surface area contributed by atoms with Gasteiger partial charge < -0.3 is 5.11 Å². The third kappa shape index (κ3) is 1.54. The van der Waals surface area contributed by atoms with Crippen LogP contribution < -0.4 is 0 Å². The van der Waals surface area contributed by atoms with Crippen LogP contribution in [0.4, 0.5) is 4.39 Å². The zero-order chi connectivity index (χ0) is 9.97. The quantitative estimate of drug-likeness (QED) is 0.747. The first-order valence-corrected chi connectivity index (χ1v) is 4.03. The Hall–Kier alpha value is -1.97. The molecule has 3 nitrogen and oxygen atoms in total. The predicted molar refractivity (Wildman–Crippen MR) is 49.1 cm³/mol. The highest BCUT2D eigenvalue weighted by atomic mass is 19.1. The Kier molecular flexibility index (Phi) is 2.10. The van der Waals surface area contributed by atoms with E-state index in [4.69, 9.17) is 5.11 Å². The Labute approximate surface area is 79.9 Å². The van der Waals surface area contributed by atoms with Gasteiger partial charge >= 0.3 is 0 Å². The van der Waals surface area contributed by atoms with Crippen LogP contribution in [-0.2, 0) is 0 Å². The summed E-state index contributed by atoms with van der Waals surface area (Å²) in [6.07, 6.45) is 2.46. The molecule has 0 amide bonds. The van der Waals surface area contributed by atoms with Crippen molar-refractivity contribution >= 4 is 0 Å². The van der Waals surface area contributed by atoms with Gasteiger partial charge in [-0.1, -0.05) is 12.1 Å². The highest BCUT2D eigenvalue weighted by Crippen LogP contribution is 2.18. The fourth-order valence-electron chi connectivity index (χ4n) is 1.10. The van der Waals surface area contributed by atoms with Gasteiger partial charge in [0, 0.05) is 0 Å². The molecule has 0 bridgehead atoms. The molecule has 2 aromatic rings. The van der Waals surface area contributed by atoms with Crippen LogP contribution >= 0.6 is 0 Å². The molecule has 0 saturated carbocycles. The molecule has 1 aromatic carbocycles. The number of hydrogen-bond donors (Lipinski definition) is 1. The van der Waals surface area contributed by atoms with Gasteiger partial charge in [0.2, 0.25) is 0 Å². The van der Waals surface area contributed by atoms with Crippen molar-refractivity contribution < 1.29 is 9.50 Å². The molecule has 1 aromatic heterocycles. The first-order valence-electron chi connectivity index (χ1n) is 4.03. The number of hydrogen-bond acceptors (Lipinski definition) is 3. The fourth-order valence-corrected chi connectivity index (χ4v) is 1.10. The maximum absolute atomic E-state index is 13.2. The van der Waals surface area contributed by atoms with Gasteiger partial charge in [-0.2, -0.15) is 0 Å². The Morgan fingerprint density at radius 1 is 1.07 bits per heavy atom. The van der Waals surface area contributed by atoms with Crippen LogP contribution in [-0.4, -0.2) is 15.1 Å². The number of rotatable bonds is 1. The largest absolute Gasteiger partial charge is 0.505 e. The Morgan fingerprint density at radius 2 is 1.71 bits per heavy atom. The van der Waals surface area contributed by atoms with Gasteiger partial charge in [0.15, 0.2) is 11.6 Å². The highest BCUT2D eigenvalue weighted by molar-refractivity contribution is 5.55. The number of aromatic hydroxyl groups is 1. The van der Waals surface area contributed by atoms with E-state index in [-0.39, 0.29) is 17.4 Å². The standard InChI is InChI=1S/C10H7FN2O/c11-9-4-2-1-3-8(9)10-12-5-7(14)6-13-10/h1-6,14H. The second-order valence-electron chi connectivity index (χ2n) is 2.74. The summed E-state index contributed by atoms with van der Waals surface area (Å²) in [5, 5.41) is 8.95. The van der Waals surface area contributed by atoms with Crippen molar-refractivity contribution in [2.24, 2.45) is 0 Å². The topological polar surface area (TPSA) is 46.0 Å². The third-order valence-corrected chi connectivity index (χ3v) is 1.75. The van der Waals surface area contributed by atoms with Gasteiger partial charge in [0.25, 0.3) is 0 Å². The van der Waals surface area contributed by atoms with Crippen molar-refractivity contribution in [3.05, 3.63) is 42.5 Å². The molecule has 0 atom stereocenters. The normalized spacial score (nSPS) is 10.1. The van der Waals surface area contributed by atoms with Crippen molar-refractivity contribution in [1.82, 2.24) is 9.97 Å². The van der Waals surface area contributed by atoms with Crippen LogP contribution in [0.3, 0.4) is 0 Å². The van der Waals surface area contributed by atoms with E-state index in [1.165, 1.54) is 18.5 Å². The van der Waals surface area contributed by atoms with Crippen molar-refractivity contribution in [2.45, 2.75) is 0 Å². The van der Waals surface area contributed by atoms with Crippen LogP contribution in [0.15, 0.2) is 36.7 Å². The lowest BCUT2D eigenvalue weighted by molar-refractivity contribution is 0.469. The van der Waals surface area contributed by atoms with E-state index in [9.17, 15) is 4.39 Å². The average Bonchev–Trinajstić information content (AvgIpc) is 2.20. The van der Waals surface area contributed by atoms with E-state index >= 15 is 0 Å². The smallest absolute Gasteiger partial charge is 0.162 e. The Bertz CT molecular complexity index is 442. The molecule has 0 radical (unpaired) electrons. The second kappa shape index (κ2) is 3.41. The lowest BCUT2D eigenvalue weighted by atomic mass is 10.2. The third-order valence-electron chi connectivity index (χ3n) is 1.75. The van der Waals surface area contributed by atoms with Gasteiger partial charge in [0.1, 0.15) is 5.82 Å². The van der Waals surface area contributed by atoms with Gasteiger partial charge in [0.05, 0.1) is 18.0 Å². The molecule has 0 saturated heterocycles. The van der Waals surface area contributed by atoms with Crippen molar-refractivity contribution in [3.8, 4) is 17.1 Å². The fraction of sp³-hybridized carbons (Fsp3) is 0. The molecule has 1 heterocycles. The minimum atomic E-state index is -0.377. The van der Waals surface area contributed by atoms with Crippen molar-refractivity contribution in [1.29, 1.82) is 0 Å². The van der Waals surface area contributed by atoms with Gasteiger partial charge in [-0.3, -0.25) is 0 Å². The van der Waals surface area contributed by atoms with E-state index in [0.29, 0.717) is 5.56 Å². The summed E-state index contributed by atoms with van der Waals surface area (Å²) >= 11 is 0. The molecule has 14 heavy (non-hydrogen) atoms. The predicted octanol–water partition coefficient (Wildman–Crippen LogP) is 1.99. The maximum atomic E-state index is 13.2. The molecule has 0 spiro atoms. The summed E-state index contributed by atoms with van der Waals surface area (Å²) in [5.74, 6) is -0.149. The van der Waals surface area contributed by atoms with Crippen LogP contribution in [0.25, 0.3) is 11.4 Å². The zero-order valence-electron chi connectivity index (χ0n) is 7.18. The van der Waals surface area contributed by atoms with Crippen LogP contribution in [0.5, 0.6) is 5.75 Å². The van der Waals surface area contributed by atoms with E-state index in [1.807, 2.05) is 0 Å². The first-order chi connectivity index (χ1) is 6.77. The number of aromatic nitrogens is 2. The minimum Gasteiger partial charge on any atom is -0.505 e. The molecule has 0 unspecified atom stereocenters. The number of nitrogens with zero attached hydrogens (tertiary/aromatic N) is 2. The first kappa shape index (κ1) is 8.62. The summed E-state index contributed by atoms with van der Waals surface area (Å²) < 4.78 is 13.2. The lowest BCUT2D eigenvalue weighted by Gasteiger charge is -2.00. The summed E-state index contributed by atoms with van der Waals surface area (Å²) in [7, 11) is 0. The van der Waals surface area contributed by atoms with Gasteiger partial charge in [-0.15, -0.1) is 0 Å². The maximum Gasteiger partial charge on any atom is 0.162 e. The number of benzene rings is 1. The minimum absolute atomic E-state index is 0.0370. The molecular weight excluding hydrogens is 183 g/mol. The monoisotopic (exact) mass is 190 g/mol. The van der Waals surface area contributed by atoms with Crippen molar-refractivity contribution in [2.75, 3.05) is 0 Å². The molecule has 0 aliphatic heterocycles. The van der Waals surface area contributed by atoms with Crippen LogP contribution in [0.2, 0.25) is 0 Å². The second-order valence-corrected chi connectivity index (χ2v) is 2.74. The SMILES string of the molecule is Oc1cnc(-c2ccccc2F)nc1. The van der Waals surface area contributed by atoms with E-state index in [0.717, 1.165) is 0 Å². The molecule has 70 valence electrons. The molecule has 2 rings (SSSR count). The molecular formula is C10H7FN2O. The summed E-state index contributed by atoms with van der Waals surface area (Å²) in [5.41, 5.74) is 0.326. The average molecular weight is 190 g/mol. The van der Waals surface area contributed by atoms with E-state index in [1.54, 1.807) is 18.2 Å². The Balaban J connectivity index is 2.50. The zero-order valence-corrected chi connectivity index (χ0v) is 7.18. The van der Waals surface area contributed by atoms with Gasteiger partial charge in [-0.25, -0.2) is 14.4 Å². The molecule has 0 aliphatic carbocycles. The molecule has 0 fully saturated rings. The Morgan fingerprint density at radius 3 is 2.36 bits per heavy atom. The van der Waals surface area contributed by atoms with Crippen LogP contribution in [0.1, 0.15) is 0 Å². The molecule has 1 N–H and O–H groups in total. The summed E-state index contributed by atoms with van der Waals surface area (Å²) in [4.78, 5) is 7.62. The van der Waals surface area contributed by atoms with Crippen molar-refractivity contribution in [3.63, 3.8) is 0 Å². The summed E-state index contributed by atoms with van der Waals surface area (Å²) in [6.45, 7) is 0. The number of halogens is 1. The molecule has 0 aliphatic rings. The molecule has 4 heteroatoms. The van der Waals surface area contributed by atoms with Crippen LogP contribution in [0, 0.1) is 5.82 Å².